The number of nitrogens with zero attached hydrogens (tertiary/aromatic N) is 2. The van der Waals surface area contributed by atoms with Gasteiger partial charge in [-0.1, -0.05) is 44.2 Å². The van der Waals surface area contributed by atoms with Crippen LogP contribution in [0.2, 0.25) is 0 Å². The molecule has 1 saturated heterocycles. The fraction of sp³-hybridized carbons (Fsp3) is 0.556. The highest BCUT2D eigenvalue weighted by Crippen LogP contribution is 2.21. The first-order valence-corrected chi connectivity index (χ1v) is 23.2. The van der Waals surface area contributed by atoms with Gasteiger partial charge in [-0.2, -0.15) is 0 Å². The van der Waals surface area contributed by atoms with E-state index in [9.17, 15) is 68.1 Å². The van der Waals surface area contributed by atoms with Crippen LogP contribution in [0, 0.1) is 5.92 Å². The minimum atomic E-state index is -1.77. The molecule has 1 aromatic carbocycles. The number of imidazole rings is 1. The highest BCUT2D eigenvalue weighted by atomic mass is 16.4. The Morgan fingerprint density at radius 2 is 1.28 bits per heavy atom. The molecule has 0 spiro atoms. The molecule has 17 N–H and O–H groups in total. The fourth-order valence-corrected chi connectivity index (χ4v) is 7.42. The van der Waals surface area contributed by atoms with Crippen molar-refractivity contribution in [3.05, 3.63) is 54.1 Å². The van der Waals surface area contributed by atoms with Crippen LogP contribution in [0.4, 0.5) is 0 Å². The minimum Gasteiger partial charge on any atom is -0.480 e. The van der Waals surface area contributed by atoms with E-state index in [-0.39, 0.29) is 51.0 Å². The Labute approximate surface area is 414 Å². The van der Waals surface area contributed by atoms with E-state index in [1.54, 1.807) is 44.2 Å². The van der Waals surface area contributed by atoms with E-state index >= 15 is 0 Å². The van der Waals surface area contributed by atoms with Crippen molar-refractivity contribution in [1.29, 1.82) is 0 Å². The normalized spacial score (nSPS) is 17.0. The van der Waals surface area contributed by atoms with Gasteiger partial charge >= 0.3 is 5.97 Å². The first-order chi connectivity index (χ1) is 33.9. The van der Waals surface area contributed by atoms with E-state index in [0.29, 0.717) is 17.7 Å². The summed E-state index contributed by atoms with van der Waals surface area (Å²) in [5.41, 5.74) is 17.3. The van der Waals surface area contributed by atoms with Crippen molar-refractivity contribution >= 4 is 65.0 Å². The molecule has 1 aromatic heterocycles. The number of likely N-dealkylation sites (tertiary alicyclic amines) is 1. The minimum absolute atomic E-state index is 0.0127. The Morgan fingerprint density at radius 3 is 1.82 bits per heavy atom. The van der Waals surface area contributed by atoms with Crippen molar-refractivity contribution in [2.75, 3.05) is 13.1 Å². The first-order valence-electron chi connectivity index (χ1n) is 23.2. The first kappa shape index (κ1) is 58.8. The number of hydrogen-bond acceptors (Lipinski definition) is 15. The molecule has 1 aliphatic heterocycles. The molecule has 27 heteroatoms. The maximum atomic E-state index is 14.6. The van der Waals surface area contributed by atoms with Crippen molar-refractivity contribution in [2.24, 2.45) is 23.1 Å². The molecule has 1 aliphatic rings. The molecule has 10 amide bonds. The Balaban J connectivity index is 1.85. The lowest BCUT2D eigenvalue weighted by Gasteiger charge is -2.31. The van der Waals surface area contributed by atoms with Gasteiger partial charge < -0.3 is 79.6 Å². The number of aromatic amines is 1. The van der Waals surface area contributed by atoms with Crippen LogP contribution in [0.3, 0.4) is 0 Å². The third-order valence-electron chi connectivity index (χ3n) is 11.5. The lowest BCUT2D eigenvalue weighted by molar-refractivity contribution is -0.146. The number of carbonyl (C=O) groups excluding carboxylic acids is 10. The predicted molar refractivity (Wildman–Crippen MR) is 252 cm³/mol. The number of H-pyrrole nitrogens is 1. The van der Waals surface area contributed by atoms with Gasteiger partial charge in [0.15, 0.2) is 6.04 Å². The van der Waals surface area contributed by atoms with Gasteiger partial charge in [-0.3, -0.25) is 47.9 Å². The summed E-state index contributed by atoms with van der Waals surface area (Å²) in [5.74, 6) is -10.7. The average Bonchev–Trinajstić information content (AvgIpc) is 4.04. The topological polar surface area (TPSA) is 443 Å². The number of aliphatic carboxylic acids is 1. The van der Waals surface area contributed by atoms with E-state index in [2.05, 4.69) is 47.2 Å². The van der Waals surface area contributed by atoms with Crippen molar-refractivity contribution in [3.8, 4) is 0 Å². The van der Waals surface area contributed by atoms with Gasteiger partial charge in [0.1, 0.15) is 36.3 Å². The van der Waals surface area contributed by atoms with Crippen LogP contribution in [0.15, 0.2) is 42.9 Å². The van der Waals surface area contributed by atoms with Gasteiger partial charge in [-0.05, 0) is 51.0 Å². The summed E-state index contributed by atoms with van der Waals surface area (Å²) in [7, 11) is 0. The van der Waals surface area contributed by atoms with Gasteiger partial charge in [0.25, 0.3) is 0 Å². The SMILES string of the molecule is CC(C)[C@H](N)C(=O)N[C@@H](CCC(N)=O)C(=O)NCC(=O)N[C@H](C(=O)N[C@@H](Cc1cnc[nH]1)C(=O)N[C@@H](Cc1ccccc1)C(=O)N1CCC[C@H]1C(=O)N[C@@H](CCC(N)=O)C(=O)N[C@H](C(=O)O)[C@@H](C)O)[C@@H](C)O. The smallest absolute Gasteiger partial charge is 0.328 e. The van der Waals surface area contributed by atoms with E-state index in [4.69, 9.17) is 17.2 Å². The summed E-state index contributed by atoms with van der Waals surface area (Å²) in [4.78, 5) is 152. The zero-order valence-electron chi connectivity index (χ0n) is 40.4. The number of aromatic nitrogens is 2. The molecule has 396 valence electrons. The van der Waals surface area contributed by atoms with Crippen molar-refractivity contribution in [2.45, 2.75) is 140 Å². The molecule has 3 rings (SSSR count). The van der Waals surface area contributed by atoms with E-state index in [1.165, 1.54) is 24.3 Å². The summed E-state index contributed by atoms with van der Waals surface area (Å²) in [6.07, 6.45) is -1.76. The number of carboxylic acid groups (broad SMARTS) is 1. The van der Waals surface area contributed by atoms with Crippen LogP contribution in [-0.2, 0) is 65.6 Å². The second kappa shape index (κ2) is 28.4. The molecule has 72 heavy (non-hydrogen) atoms. The molecule has 0 bridgehead atoms. The molecule has 2 heterocycles. The highest BCUT2D eigenvalue weighted by molar-refractivity contribution is 5.98. The fourth-order valence-electron chi connectivity index (χ4n) is 7.42. The average molecular weight is 1010 g/mol. The molecule has 27 nitrogen and oxygen atoms in total. The molecular formula is C45H67N13O14. The number of primary amides is 2. The highest BCUT2D eigenvalue weighted by Gasteiger charge is 2.41. The number of amides is 10. The van der Waals surface area contributed by atoms with Gasteiger partial charge in [-0.15, -0.1) is 0 Å². The summed E-state index contributed by atoms with van der Waals surface area (Å²) in [6, 6.07) is -3.04. The van der Waals surface area contributed by atoms with Crippen LogP contribution < -0.4 is 54.4 Å². The van der Waals surface area contributed by atoms with Crippen LogP contribution in [0.1, 0.15) is 77.5 Å². The number of carbonyl (C=O) groups is 11. The van der Waals surface area contributed by atoms with Gasteiger partial charge in [0.2, 0.25) is 59.1 Å². The van der Waals surface area contributed by atoms with Crippen LogP contribution in [-0.4, -0.2) is 169 Å². The number of aliphatic hydroxyl groups excluding tert-OH is 2. The molecule has 1 fully saturated rings. The lowest BCUT2D eigenvalue weighted by Crippen LogP contribution is -2.61. The van der Waals surface area contributed by atoms with Crippen molar-refractivity contribution in [3.63, 3.8) is 0 Å². The summed E-state index contributed by atoms with van der Waals surface area (Å²) >= 11 is 0. The predicted octanol–water partition coefficient (Wildman–Crippen LogP) is -5.43. The van der Waals surface area contributed by atoms with Crippen LogP contribution >= 0.6 is 0 Å². The maximum Gasteiger partial charge on any atom is 0.328 e. The van der Waals surface area contributed by atoms with Crippen LogP contribution in [0.5, 0.6) is 0 Å². The quantitative estimate of drug-likeness (QED) is 0.0362. The Morgan fingerprint density at radius 1 is 0.708 bits per heavy atom. The Bertz CT molecular complexity index is 2230. The molecule has 2 aromatic rings. The number of nitrogens with two attached hydrogens (primary N) is 3. The molecule has 0 unspecified atom stereocenters. The van der Waals surface area contributed by atoms with E-state index < -0.39 is 139 Å². The zero-order valence-corrected chi connectivity index (χ0v) is 40.4. The number of hydrogen-bond donors (Lipinski definition) is 14. The van der Waals surface area contributed by atoms with E-state index in [0.717, 1.165) is 6.92 Å². The number of rotatable bonds is 29. The number of carboxylic acids is 1. The van der Waals surface area contributed by atoms with Crippen molar-refractivity contribution in [1.82, 2.24) is 52.1 Å². The van der Waals surface area contributed by atoms with E-state index in [1.807, 2.05) is 0 Å². The second-order valence-electron chi connectivity index (χ2n) is 17.8. The monoisotopic (exact) mass is 1010 g/mol. The van der Waals surface area contributed by atoms with Crippen molar-refractivity contribution < 1.29 is 68.1 Å². The van der Waals surface area contributed by atoms with Gasteiger partial charge in [0, 0.05) is 44.1 Å². The number of nitrogens with one attached hydrogen (secondary N) is 8. The standard InChI is InChI=1S/C45H67N13O14/c1-22(2)35(48)42(68)53-27(12-14-32(46)61)38(64)50-20-34(63)56-36(23(3)59)43(69)54-29(18-26-19-49-21-51-26)40(66)55-30(17-25-9-6-5-7-10-25)44(70)58-16-8-11-31(58)41(67)52-28(13-15-33(47)62)39(65)57-37(24(4)60)45(71)72/h5-7,9-10,19,21-24,27-31,35-37,59-60H,8,11-18,20,48H2,1-4H3,(H2,46,61)(H2,47,62)(H,49,51)(H,50,64)(H,52,67)(H,53,68)(H,54,69)(H,55,66)(H,56,63)(H,57,65)(H,71,72)/t23-,24-,27+,28+,29+,30+,31+,35+,36+,37+/m1/s1. The Hall–Kier alpha value is -7.52. The molecule has 0 saturated carbocycles. The van der Waals surface area contributed by atoms with Crippen LogP contribution in [0.25, 0.3) is 0 Å². The molecule has 0 aliphatic carbocycles. The van der Waals surface area contributed by atoms with Gasteiger partial charge in [-0.25, -0.2) is 9.78 Å². The second-order valence-corrected chi connectivity index (χ2v) is 17.8. The molecule has 0 radical (unpaired) electrons. The number of aliphatic hydroxyl groups is 2. The summed E-state index contributed by atoms with van der Waals surface area (Å²) in [5, 5.41) is 46.9. The summed E-state index contributed by atoms with van der Waals surface area (Å²) < 4.78 is 0. The summed E-state index contributed by atoms with van der Waals surface area (Å²) in [6.45, 7) is 4.89. The zero-order chi connectivity index (χ0) is 53.8. The third kappa shape index (κ3) is 18.7. The van der Waals surface area contributed by atoms with Gasteiger partial charge in [0.05, 0.1) is 31.1 Å². The maximum absolute atomic E-state index is 14.6. The lowest BCUT2D eigenvalue weighted by atomic mass is 10.0. The molecular weight excluding hydrogens is 947 g/mol. The number of benzene rings is 1. The third-order valence-corrected chi connectivity index (χ3v) is 11.5. The largest absolute Gasteiger partial charge is 0.480 e. The molecule has 10 atom stereocenters. The Kier molecular flexibility index (Phi) is 23.2.